The number of para-hydroxylation sites is 2. The van der Waals surface area contributed by atoms with E-state index in [1.165, 1.54) is 0 Å². The minimum absolute atomic E-state index is 0.628. The van der Waals surface area contributed by atoms with E-state index < -0.39 is 0 Å². The van der Waals surface area contributed by atoms with Crippen LogP contribution in [0.3, 0.4) is 0 Å². The highest BCUT2D eigenvalue weighted by Crippen LogP contribution is 2.16. The number of rotatable bonds is 2. The molecular formula is C9H9N4-. The molecule has 1 aromatic heterocycles. The van der Waals surface area contributed by atoms with E-state index in [0.29, 0.717) is 5.95 Å². The highest BCUT2D eigenvalue weighted by atomic mass is 15.2. The molecule has 4 nitrogen and oxygen atoms in total. The molecule has 1 aromatic carbocycles. The third-order valence-electron chi connectivity index (χ3n) is 1.98. The quantitative estimate of drug-likeness (QED) is 0.553. The number of nitrogens with one attached hydrogen (secondary N) is 1. The molecule has 0 saturated heterocycles. The molecule has 1 heterocycles. The van der Waals surface area contributed by atoms with Crippen LogP contribution >= 0.6 is 0 Å². The molecule has 0 radical (unpaired) electrons. The van der Waals surface area contributed by atoms with Gasteiger partial charge >= 0.3 is 0 Å². The fourth-order valence-corrected chi connectivity index (χ4v) is 1.33. The number of hydrogen-bond acceptors (Lipinski definition) is 1. The van der Waals surface area contributed by atoms with Crippen molar-refractivity contribution in [1.29, 1.82) is 0 Å². The lowest BCUT2D eigenvalue weighted by molar-refractivity contribution is 0.963. The van der Waals surface area contributed by atoms with Crippen molar-refractivity contribution in [3.63, 3.8) is 0 Å². The Hall–Kier alpha value is -1.84. The molecule has 0 amide bonds. The van der Waals surface area contributed by atoms with Gasteiger partial charge in [-0.3, -0.25) is 0 Å². The number of anilines is 1. The van der Waals surface area contributed by atoms with Gasteiger partial charge in [-0.15, -0.1) is 6.34 Å². The lowest BCUT2D eigenvalue weighted by Gasteiger charge is -2.05. The first-order chi connectivity index (χ1) is 6.33. The van der Waals surface area contributed by atoms with Crippen molar-refractivity contribution < 1.29 is 0 Å². The average molecular weight is 173 g/mol. The normalized spacial score (nSPS) is 10.2. The molecule has 13 heavy (non-hydrogen) atoms. The molecule has 0 aliphatic rings. The van der Waals surface area contributed by atoms with Crippen LogP contribution in [0.1, 0.15) is 0 Å². The number of hydrogen-bond donors (Lipinski definition) is 1. The van der Waals surface area contributed by atoms with Crippen molar-refractivity contribution >= 4 is 23.3 Å². The molecule has 4 heteroatoms. The van der Waals surface area contributed by atoms with E-state index in [0.717, 1.165) is 17.4 Å². The van der Waals surface area contributed by atoms with Gasteiger partial charge in [0.15, 0.2) is 0 Å². The van der Waals surface area contributed by atoms with E-state index in [4.69, 9.17) is 5.41 Å². The molecule has 2 rings (SSSR count). The topological polar surface area (TPSA) is 52.2 Å². The van der Waals surface area contributed by atoms with E-state index in [9.17, 15) is 0 Å². The maximum Gasteiger partial charge on any atom is 0.121 e. The van der Waals surface area contributed by atoms with Gasteiger partial charge in [-0.25, -0.2) is 4.98 Å². The number of aromatic nitrogens is 2. The molecule has 0 aliphatic heterocycles. The van der Waals surface area contributed by atoms with Crippen molar-refractivity contribution in [2.45, 2.75) is 0 Å². The predicted octanol–water partition coefficient (Wildman–Crippen LogP) is 1.58. The molecule has 2 aromatic rings. The van der Waals surface area contributed by atoms with Crippen LogP contribution in [0.15, 0.2) is 24.3 Å². The van der Waals surface area contributed by atoms with Crippen LogP contribution in [0.25, 0.3) is 16.4 Å². The summed E-state index contributed by atoms with van der Waals surface area (Å²) < 4.78 is 1.88. The average Bonchev–Trinajstić information content (AvgIpc) is 2.46. The van der Waals surface area contributed by atoms with E-state index in [1.807, 2.05) is 35.9 Å². The van der Waals surface area contributed by atoms with Gasteiger partial charge in [0, 0.05) is 7.05 Å². The third kappa shape index (κ3) is 1.16. The molecule has 0 spiro atoms. The number of benzene rings is 1. The maximum atomic E-state index is 8.58. The maximum absolute atomic E-state index is 8.58. The second-order valence-electron chi connectivity index (χ2n) is 2.76. The van der Waals surface area contributed by atoms with E-state index in [-0.39, 0.29) is 0 Å². The number of nitrogens with zero attached hydrogens (tertiary/aromatic N) is 3. The van der Waals surface area contributed by atoms with E-state index >= 15 is 0 Å². The summed E-state index contributed by atoms with van der Waals surface area (Å²) in [4.78, 5) is 4.26. The van der Waals surface area contributed by atoms with Crippen LogP contribution in [-0.2, 0) is 7.05 Å². The zero-order valence-electron chi connectivity index (χ0n) is 7.23. The zero-order valence-corrected chi connectivity index (χ0v) is 7.23. The van der Waals surface area contributed by atoms with Crippen LogP contribution in [0.5, 0.6) is 0 Å². The molecule has 0 atom stereocenters. The Labute approximate surface area is 75.7 Å². The van der Waals surface area contributed by atoms with Gasteiger partial charge in [0.05, 0.1) is 11.0 Å². The van der Waals surface area contributed by atoms with Gasteiger partial charge in [-0.1, -0.05) is 12.1 Å². The SMILES string of the molecule is Cn1c(NC=[N-])nc2ccccc21. The number of aryl methyl sites for hydroxylation is 1. The summed E-state index contributed by atoms with van der Waals surface area (Å²) in [6.45, 7) is 0. The molecule has 0 aliphatic carbocycles. The van der Waals surface area contributed by atoms with Crippen molar-refractivity contribution in [1.82, 2.24) is 9.55 Å². The third-order valence-corrected chi connectivity index (χ3v) is 1.98. The van der Waals surface area contributed by atoms with Crippen molar-refractivity contribution in [3.05, 3.63) is 29.7 Å². The molecule has 0 saturated carbocycles. The molecule has 66 valence electrons. The van der Waals surface area contributed by atoms with E-state index in [2.05, 4.69) is 10.3 Å². The van der Waals surface area contributed by atoms with Gasteiger partial charge in [0.25, 0.3) is 0 Å². The number of imidazole rings is 1. The van der Waals surface area contributed by atoms with Gasteiger partial charge in [-0.05, 0) is 12.1 Å². The monoisotopic (exact) mass is 173 g/mol. The Balaban J connectivity index is 2.66. The minimum atomic E-state index is 0.628. The highest BCUT2D eigenvalue weighted by molar-refractivity contribution is 5.83. The second-order valence-corrected chi connectivity index (χ2v) is 2.76. The van der Waals surface area contributed by atoms with Gasteiger partial charge in [0.1, 0.15) is 5.95 Å². The van der Waals surface area contributed by atoms with E-state index in [1.54, 1.807) is 0 Å². The van der Waals surface area contributed by atoms with Crippen LogP contribution in [0.4, 0.5) is 5.95 Å². The zero-order chi connectivity index (χ0) is 9.26. The van der Waals surface area contributed by atoms with Crippen molar-refractivity contribution in [2.75, 3.05) is 5.32 Å². The molecule has 1 N–H and O–H groups in total. The smallest absolute Gasteiger partial charge is 0.121 e. The first-order valence-corrected chi connectivity index (χ1v) is 3.97. The Morgan fingerprint density at radius 2 is 2.23 bits per heavy atom. The summed E-state index contributed by atoms with van der Waals surface area (Å²) >= 11 is 0. The van der Waals surface area contributed by atoms with Gasteiger partial charge in [0.2, 0.25) is 0 Å². The first-order valence-electron chi connectivity index (χ1n) is 3.97. The predicted molar refractivity (Wildman–Crippen MR) is 53.8 cm³/mol. The molecule has 0 fully saturated rings. The number of fused-ring (bicyclic) bond motifs is 1. The fourth-order valence-electron chi connectivity index (χ4n) is 1.33. The summed E-state index contributed by atoms with van der Waals surface area (Å²) in [6, 6.07) is 7.79. The molecule has 0 bridgehead atoms. The summed E-state index contributed by atoms with van der Waals surface area (Å²) in [5.74, 6) is 0.628. The summed E-state index contributed by atoms with van der Waals surface area (Å²) in [6.07, 6.45) is 0.876. The minimum Gasteiger partial charge on any atom is -0.472 e. The standard InChI is InChI=1S/C9H9N4/c1-13-8-5-3-2-4-7(8)12-9(13)11-6-10/h2-6H,1H3,(H-,10,11,12)/q-1. The van der Waals surface area contributed by atoms with Crippen LogP contribution < -0.4 is 5.32 Å². The fraction of sp³-hybridized carbons (Fsp3) is 0.111. The Kier molecular flexibility index (Phi) is 1.73. The Bertz CT molecular complexity index is 444. The Morgan fingerprint density at radius 1 is 1.46 bits per heavy atom. The summed E-state index contributed by atoms with van der Waals surface area (Å²) in [5.41, 5.74) is 1.95. The van der Waals surface area contributed by atoms with Crippen LogP contribution in [-0.4, -0.2) is 15.9 Å². The largest absolute Gasteiger partial charge is 0.472 e. The van der Waals surface area contributed by atoms with Crippen LogP contribution in [0.2, 0.25) is 0 Å². The first kappa shape index (κ1) is 7.79. The van der Waals surface area contributed by atoms with Crippen molar-refractivity contribution in [3.8, 4) is 0 Å². The highest BCUT2D eigenvalue weighted by Gasteiger charge is 2.00. The van der Waals surface area contributed by atoms with Gasteiger partial charge < -0.3 is 15.3 Å². The second kappa shape index (κ2) is 2.90. The Morgan fingerprint density at radius 3 is 2.92 bits per heavy atom. The van der Waals surface area contributed by atoms with Gasteiger partial charge in [-0.2, -0.15) is 0 Å². The van der Waals surface area contributed by atoms with Crippen LogP contribution in [0, 0.1) is 0 Å². The van der Waals surface area contributed by atoms with Crippen molar-refractivity contribution in [2.24, 2.45) is 7.05 Å². The summed E-state index contributed by atoms with van der Waals surface area (Å²) in [5, 5.41) is 11.2. The lowest BCUT2D eigenvalue weighted by atomic mass is 10.3. The summed E-state index contributed by atoms with van der Waals surface area (Å²) in [7, 11) is 1.89. The molecular weight excluding hydrogens is 164 g/mol. The lowest BCUT2D eigenvalue weighted by Crippen LogP contribution is -2.00. The molecule has 0 unspecified atom stereocenters.